The lowest BCUT2D eigenvalue weighted by Gasteiger charge is -2.18. The number of aromatic nitrogens is 3. The smallest absolute Gasteiger partial charge is 0.337 e. The highest BCUT2D eigenvalue weighted by Crippen LogP contribution is 2.41. The van der Waals surface area contributed by atoms with Gasteiger partial charge in [-0.3, -0.25) is 9.29 Å². The first-order chi connectivity index (χ1) is 18.9. The van der Waals surface area contributed by atoms with E-state index in [1.165, 1.54) is 22.8 Å². The molecule has 0 aliphatic heterocycles. The van der Waals surface area contributed by atoms with Crippen LogP contribution in [0.3, 0.4) is 0 Å². The number of sulfonamides is 1. The Labute approximate surface area is 228 Å². The zero-order valence-corrected chi connectivity index (χ0v) is 22.6. The molecule has 39 heavy (non-hydrogen) atoms. The number of hydrogen-bond donors (Lipinski definition) is 1. The second-order valence-corrected chi connectivity index (χ2v) is 12.0. The molecule has 0 radical (unpaired) electrons. The minimum Gasteiger partial charge on any atom is -0.465 e. The van der Waals surface area contributed by atoms with E-state index in [0.29, 0.717) is 16.9 Å². The lowest BCUT2D eigenvalue weighted by Crippen LogP contribution is -2.25. The number of rotatable bonds is 6. The number of carbonyl (C=O) groups is 1. The van der Waals surface area contributed by atoms with Crippen molar-refractivity contribution in [3.05, 3.63) is 96.3 Å². The number of carbonyl (C=O) groups excluding carboxylic acids is 1. The highest BCUT2D eigenvalue weighted by Gasteiger charge is 2.24. The molecule has 10 heteroatoms. The third kappa shape index (κ3) is 4.23. The highest BCUT2D eigenvalue weighted by atomic mass is 32.2. The van der Waals surface area contributed by atoms with Crippen LogP contribution in [0.4, 0.5) is 5.69 Å². The van der Waals surface area contributed by atoms with Gasteiger partial charge in [0.1, 0.15) is 9.86 Å². The fourth-order valence-electron chi connectivity index (χ4n) is 4.66. The van der Waals surface area contributed by atoms with Gasteiger partial charge in [0.05, 0.1) is 18.4 Å². The highest BCUT2D eigenvalue weighted by molar-refractivity contribution is 7.94. The van der Waals surface area contributed by atoms with Crippen molar-refractivity contribution in [2.45, 2.75) is 4.21 Å². The molecule has 6 aromatic rings. The number of methoxy groups -OCH3 is 1. The molecule has 0 saturated heterocycles. The molecule has 0 atom stereocenters. The van der Waals surface area contributed by atoms with Crippen molar-refractivity contribution in [3.63, 3.8) is 0 Å². The topological polar surface area (TPSA) is 105 Å². The van der Waals surface area contributed by atoms with E-state index in [9.17, 15) is 13.2 Å². The summed E-state index contributed by atoms with van der Waals surface area (Å²) in [5.41, 5.74) is 6.06. The summed E-state index contributed by atoms with van der Waals surface area (Å²) in [6, 6.07) is 19.9. The largest absolute Gasteiger partial charge is 0.465 e. The van der Waals surface area contributed by atoms with Gasteiger partial charge in [-0.25, -0.2) is 18.2 Å². The fourth-order valence-corrected chi connectivity index (χ4v) is 7.01. The Bertz CT molecular complexity index is 1930. The van der Waals surface area contributed by atoms with Gasteiger partial charge in [-0.05, 0) is 65.0 Å². The third-order valence-electron chi connectivity index (χ3n) is 6.66. The quantitative estimate of drug-likeness (QED) is 0.249. The van der Waals surface area contributed by atoms with Gasteiger partial charge < -0.3 is 9.72 Å². The number of ether oxygens (including phenoxy) is 1. The number of benzene rings is 2. The van der Waals surface area contributed by atoms with Crippen molar-refractivity contribution in [2.75, 3.05) is 18.5 Å². The van der Waals surface area contributed by atoms with E-state index in [1.54, 1.807) is 61.4 Å². The number of aromatic amines is 1. The number of nitrogens with one attached hydrogen (secondary N) is 1. The summed E-state index contributed by atoms with van der Waals surface area (Å²) in [7, 11) is -0.792. The second kappa shape index (κ2) is 9.64. The summed E-state index contributed by atoms with van der Waals surface area (Å²) in [4.78, 5) is 24.3. The minimum atomic E-state index is -3.70. The molecule has 2 aromatic carbocycles. The van der Waals surface area contributed by atoms with E-state index in [0.717, 1.165) is 38.5 Å². The molecule has 0 bridgehead atoms. The Morgan fingerprint density at radius 3 is 2.46 bits per heavy atom. The number of H-pyrrole nitrogens is 1. The number of anilines is 1. The van der Waals surface area contributed by atoms with Gasteiger partial charge in [-0.2, -0.15) is 0 Å². The van der Waals surface area contributed by atoms with Crippen molar-refractivity contribution >= 4 is 55.0 Å². The first-order valence-corrected chi connectivity index (χ1v) is 14.3. The van der Waals surface area contributed by atoms with Gasteiger partial charge >= 0.3 is 5.97 Å². The van der Waals surface area contributed by atoms with Gasteiger partial charge in [0.25, 0.3) is 10.0 Å². The van der Waals surface area contributed by atoms with Crippen molar-refractivity contribution in [3.8, 4) is 22.3 Å². The Balaban J connectivity index is 1.59. The van der Waals surface area contributed by atoms with Crippen LogP contribution in [-0.2, 0) is 14.8 Å². The van der Waals surface area contributed by atoms with Crippen LogP contribution in [0.5, 0.6) is 0 Å². The Hall–Kier alpha value is -4.54. The Morgan fingerprint density at radius 1 is 1.00 bits per heavy atom. The zero-order valence-electron chi connectivity index (χ0n) is 21.0. The molecule has 0 amide bonds. The van der Waals surface area contributed by atoms with Crippen LogP contribution in [0, 0.1) is 0 Å². The monoisotopic (exact) mass is 554 g/mol. The van der Waals surface area contributed by atoms with Crippen LogP contribution in [0.1, 0.15) is 10.4 Å². The number of thiophene rings is 1. The van der Waals surface area contributed by atoms with Crippen LogP contribution in [0.15, 0.2) is 94.9 Å². The molecule has 0 fully saturated rings. The normalized spacial score (nSPS) is 11.6. The molecular formula is C29H22N4O4S2. The SMILES string of the molecule is COC(=O)c1ccc(-c2cnc3[nH]c4ccc(N(C)S(=O)(=O)c5cccs5)cc4c3c2-c2ccncc2)cc1. The predicted molar refractivity (Wildman–Crippen MR) is 154 cm³/mol. The van der Waals surface area contributed by atoms with Gasteiger partial charge in [-0.1, -0.05) is 18.2 Å². The number of hydrogen-bond acceptors (Lipinski definition) is 7. The van der Waals surface area contributed by atoms with Gasteiger partial charge in [0.15, 0.2) is 0 Å². The molecular weight excluding hydrogens is 532 g/mol. The fraction of sp³-hybridized carbons (Fsp3) is 0.0690. The lowest BCUT2D eigenvalue weighted by atomic mass is 9.93. The van der Waals surface area contributed by atoms with Crippen molar-refractivity contribution < 1.29 is 17.9 Å². The van der Waals surface area contributed by atoms with E-state index in [4.69, 9.17) is 9.72 Å². The van der Waals surface area contributed by atoms with E-state index in [2.05, 4.69) is 9.97 Å². The molecule has 6 rings (SSSR count). The van der Waals surface area contributed by atoms with Crippen LogP contribution in [0.2, 0.25) is 0 Å². The summed E-state index contributed by atoms with van der Waals surface area (Å²) in [6.07, 6.45) is 5.26. The van der Waals surface area contributed by atoms with E-state index in [1.807, 2.05) is 36.4 Å². The molecule has 1 N–H and O–H groups in total. The summed E-state index contributed by atoms with van der Waals surface area (Å²) < 4.78 is 32.9. The van der Waals surface area contributed by atoms with Crippen LogP contribution < -0.4 is 4.31 Å². The minimum absolute atomic E-state index is 0.279. The molecule has 0 unspecified atom stereocenters. The number of pyridine rings is 2. The van der Waals surface area contributed by atoms with Crippen molar-refractivity contribution in [1.29, 1.82) is 0 Å². The number of fused-ring (bicyclic) bond motifs is 3. The maximum Gasteiger partial charge on any atom is 0.337 e. The standard InChI is InChI=1S/C29H22N4O4S2/c1-33(39(35,36)25-4-3-15-38-25)21-9-10-24-22(16-21)27-26(19-11-13-30-14-12-19)23(17-31-28(27)32-24)18-5-7-20(8-6-18)29(34)37-2/h3-17H,1-2H3,(H,31,32). The zero-order chi connectivity index (χ0) is 27.1. The number of esters is 1. The van der Waals surface area contributed by atoms with Gasteiger partial charge in [-0.15, -0.1) is 11.3 Å². The van der Waals surface area contributed by atoms with E-state index in [-0.39, 0.29) is 4.21 Å². The van der Waals surface area contributed by atoms with Gasteiger partial charge in [0, 0.05) is 53.1 Å². The molecule has 0 aliphatic carbocycles. The first kappa shape index (κ1) is 24.8. The average Bonchev–Trinajstić information content (AvgIpc) is 3.65. The average molecular weight is 555 g/mol. The predicted octanol–water partition coefficient (Wildman–Crippen LogP) is 6.12. The summed E-state index contributed by atoms with van der Waals surface area (Å²) in [5, 5.41) is 3.44. The maximum absolute atomic E-state index is 13.2. The van der Waals surface area contributed by atoms with Gasteiger partial charge in [0.2, 0.25) is 0 Å². The molecule has 8 nitrogen and oxygen atoms in total. The molecule has 194 valence electrons. The van der Waals surface area contributed by atoms with E-state index >= 15 is 0 Å². The Morgan fingerprint density at radius 2 is 1.77 bits per heavy atom. The van der Waals surface area contributed by atoms with Crippen LogP contribution in [0.25, 0.3) is 44.2 Å². The third-order valence-corrected chi connectivity index (χ3v) is 9.82. The summed E-state index contributed by atoms with van der Waals surface area (Å²) in [5.74, 6) is -0.407. The van der Waals surface area contributed by atoms with Crippen molar-refractivity contribution in [1.82, 2.24) is 15.0 Å². The first-order valence-electron chi connectivity index (χ1n) is 11.9. The second-order valence-electron chi connectivity index (χ2n) is 8.83. The molecule has 4 heterocycles. The molecule has 4 aromatic heterocycles. The van der Waals surface area contributed by atoms with E-state index < -0.39 is 16.0 Å². The van der Waals surface area contributed by atoms with Crippen LogP contribution in [-0.4, -0.2) is 43.5 Å². The van der Waals surface area contributed by atoms with Crippen molar-refractivity contribution in [2.24, 2.45) is 0 Å². The lowest BCUT2D eigenvalue weighted by molar-refractivity contribution is 0.0600. The molecule has 0 saturated carbocycles. The number of nitrogens with zero attached hydrogens (tertiary/aromatic N) is 3. The summed E-state index contributed by atoms with van der Waals surface area (Å²) >= 11 is 1.18. The molecule has 0 aliphatic rings. The maximum atomic E-state index is 13.2. The Kier molecular flexibility index (Phi) is 6.13. The van der Waals surface area contributed by atoms with Crippen LogP contribution >= 0.6 is 11.3 Å². The molecule has 0 spiro atoms. The summed E-state index contributed by atoms with van der Waals surface area (Å²) in [6.45, 7) is 0.